The van der Waals surface area contributed by atoms with Crippen molar-refractivity contribution >= 4 is 35.9 Å². The van der Waals surface area contributed by atoms with Gasteiger partial charge in [0.2, 0.25) is 5.95 Å². The summed E-state index contributed by atoms with van der Waals surface area (Å²) in [6, 6.07) is 1.88. The number of halogens is 1. The molecule has 1 aliphatic heterocycles. The van der Waals surface area contributed by atoms with Gasteiger partial charge in [0.25, 0.3) is 0 Å². The third-order valence-electron chi connectivity index (χ3n) is 3.61. The van der Waals surface area contributed by atoms with Crippen molar-refractivity contribution < 1.29 is 0 Å². The first-order valence-electron chi connectivity index (χ1n) is 7.10. The molecule has 2 heterocycles. The van der Waals surface area contributed by atoms with Gasteiger partial charge in [-0.25, -0.2) is 15.0 Å². The van der Waals surface area contributed by atoms with E-state index in [0.29, 0.717) is 18.5 Å². The van der Waals surface area contributed by atoms with E-state index in [0.717, 1.165) is 24.7 Å². The van der Waals surface area contributed by atoms with Crippen LogP contribution in [0.4, 0.5) is 5.95 Å². The molecule has 2 N–H and O–H groups in total. The average molecular weight is 404 g/mol. The second-order valence-corrected chi connectivity index (χ2v) is 5.59. The molecule has 2 rings (SSSR count). The number of anilines is 1. The fraction of sp³-hybridized carbons (Fsp3) is 0.643. The summed E-state index contributed by atoms with van der Waals surface area (Å²) in [5.74, 6) is 2.12. The predicted molar refractivity (Wildman–Crippen MR) is 97.1 cm³/mol. The minimum atomic E-state index is 0. The maximum Gasteiger partial charge on any atom is 0.225 e. The van der Waals surface area contributed by atoms with Gasteiger partial charge < -0.3 is 15.5 Å². The van der Waals surface area contributed by atoms with Gasteiger partial charge in [-0.3, -0.25) is 0 Å². The first-order chi connectivity index (χ1) is 9.56. The van der Waals surface area contributed by atoms with Crippen molar-refractivity contribution in [3.63, 3.8) is 0 Å². The molecule has 1 aromatic heterocycles. The summed E-state index contributed by atoms with van der Waals surface area (Å²) in [6.45, 7) is 4.79. The first kappa shape index (κ1) is 17.9. The molecule has 1 saturated heterocycles. The Kier molecular flexibility index (Phi) is 7.13. The highest BCUT2D eigenvalue weighted by atomic mass is 127. The van der Waals surface area contributed by atoms with E-state index in [4.69, 9.17) is 5.73 Å². The smallest absolute Gasteiger partial charge is 0.225 e. The number of nitrogens with zero attached hydrogens (tertiary/aromatic N) is 5. The van der Waals surface area contributed by atoms with Crippen molar-refractivity contribution in [2.24, 2.45) is 16.6 Å². The van der Waals surface area contributed by atoms with Crippen LogP contribution >= 0.6 is 24.0 Å². The van der Waals surface area contributed by atoms with Crippen LogP contribution in [0.2, 0.25) is 0 Å². The van der Waals surface area contributed by atoms with Gasteiger partial charge >= 0.3 is 0 Å². The number of nitrogens with two attached hydrogens (primary N) is 1. The molecule has 0 aliphatic carbocycles. The largest absolute Gasteiger partial charge is 0.370 e. The van der Waals surface area contributed by atoms with Crippen LogP contribution in [-0.2, 0) is 6.54 Å². The summed E-state index contributed by atoms with van der Waals surface area (Å²) >= 11 is 0. The van der Waals surface area contributed by atoms with E-state index >= 15 is 0 Å². The number of hydrogen-bond donors (Lipinski definition) is 1. The molecule has 7 heteroatoms. The number of piperidine rings is 1. The Balaban J connectivity index is 0.00000220. The van der Waals surface area contributed by atoms with E-state index in [1.807, 2.05) is 25.1 Å². The van der Waals surface area contributed by atoms with Crippen LogP contribution in [0.5, 0.6) is 0 Å². The van der Waals surface area contributed by atoms with Crippen LogP contribution in [0.1, 0.15) is 25.5 Å². The molecule has 0 unspecified atom stereocenters. The van der Waals surface area contributed by atoms with Gasteiger partial charge in [0.1, 0.15) is 0 Å². The molecule has 0 aromatic carbocycles. The van der Waals surface area contributed by atoms with Crippen LogP contribution in [0, 0.1) is 5.92 Å². The molecular formula is C14H25IN6. The number of aliphatic imine (C=N–C) groups is 1. The Labute approximate surface area is 143 Å². The lowest BCUT2D eigenvalue weighted by Gasteiger charge is -2.31. The Bertz CT molecular complexity index is 468. The number of likely N-dealkylation sites (tertiary alicyclic amines) is 1. The highest BCUT2D eigenvalue weighted by Gasteiger charge is 2.16. The number of rotatable bonds is 3. The molecule has 0 saturated carbocycles. The molecule has 6 nitrogen and oxygen atoms in total. The normalized spacial score (nSPS) is 16.5. The minimum Gasteiger partial charge on any atom is -0.370 e. The number of guanidine groups is 1. The molecule has 0 radical (unpaired) electrons. The van der Waals surface area contributed by atoms with Crippen LogP contribution in [0.3, 0.4) is 0 Å². The second-order valence-electron chi connectivity index (χ2n) is 5.59. The quantitative estimate of drug-likeness (QED) is 0.472. The van der Waals surface area contributed by atoms with Gasteiger partial charge in [0.15, 0.2) is 5.96 Å². The Morgan fingerprint density at radius 1 is 1.43 bits per heavy atom. The lowest BCUT2D eigenvalue weighted by molar-refractivity contribution is 0.277. The third kappa shape index (κ3) is 5.29. The van der Waals surface area contributed by atoms with Gasteiger partial charge in [-0.1, -0.05) is 6.92 Å². The molecule has 118 valence electrons. The third-order valence-corrected chi connectivity index (χ3v) is 3.61. The van der Waals surface area contributed by atoms with Crippen LogP contribution in [-0.4, -0.2) is 48.0 Å². The Morgan fingerprint density at radius 3 is 2.71 bits per heavy atom. The molecule has 0 amide bonds. The van der Waals surface area contributed by atoms with Crippen molar-refractivity contribution in [2.45, 2.75) is 26.3 Å². The van der Waals surface area contributed by atoms with Crippen molar-refractivity contribution in [3.8, 4) is 0 Å². The maximum atomic E-state index is 6.06. The van der Waals surface area contributed by atoms with E-state index in [1.165, 1.54) is 12.8 Å². The molecule has 0 bridgehead atoms. The molecule has 1 aromatic rings. The standard InChI is InChI=1S/C14H24N6.HI/c1-11-5-8-20(9-6-11)13(15)17-10-12-4-7-16-14(18-12)19(2)3;/h4,7,11H,5-6,8-10H2,1-3H3,(H2,15,17);1H. The van der Waals surface area contributed by atoms with E-state index < -0.39 is 0 Å². The number of hydrogen-bond acceptors (Lipinski definition) is 4. The fourth-order valence-corrected chi connectivity index (χ4v) is 2.19. The van der Waals surface area contributed by atoms with Crippen molar-refractivity contribution in [3.05, 3.63) is 18.0 Å². The Hall–Kier alpha value is -1.12. The van der Waals surface area contributed by atoms with Gasteiger partial charge in [0.05, 0.1) is 12.2 Å². The predicted octanol–water partition coefficient (Wildman–Crippen LogP) is 1.71. The fourth-order valence-electron chi connectivity index (χ4n) is 2.19. The zero-order valence-electron chi connectivity index (χ0n) is 13.0. The molecule has 0 spiro atoms. The highest BCUT2D eigenvalue weighted by Crippen LogP contribution is 2.15. The minimum absolute atomic E-state index is 0. The van der Waals surface area contributed by atoms with Crippen molar-refractivity contribution in [1.29, 1.82) is 0 Å². The Morgan fingerprint density at radius 2 is 2.10 bits per heavy atom. The highest BCUT2D eigenvalue weighted by molar-refractivity contribution is 14.0. The van der Waals surface area contributed by atoms with E-state index in [2.05, 4.69) is 26.8 Å². The summed E-state index contributed by atoms with van der Waals surface area (Å²) in [4.78, 5) is 17.1. The van der Waals surface area contributed by atoms with Crippen molar-refractivity contribution in [2.75, 3.05) is 32.1 Å². The van der Waals surface area contributed by atoms with E-state index in [-0.39, 0.29) is 24.0 Å². The molecule has 21 heavy (non-hydrogen) atoms. The van der Waals surface area contributed by atoms with Crippen LogP contribution in [0.25, 0.3) is 0 Å². The summed E-state index contributed by atoms with van der Waals surface area (Å²) in [7, 11) is 3.84. The van der Waals surface area contributed by atoms with Crippen LogP contribution < -0.4 is 10.6 Å². The van der Waals surface area contributed by atoms with Crippen LogP contribution in [0.15, 0.2) is 17.3 Å². The maximum absolute atomic E-state index is 6.06. The molecule has 0 atom stereocenters. The summed E-state index contributed by atoms with van der Waals surface area (Å²) in [6.07, 6.45) is 4.13. The average Bonchev–Trinajstić information content (AvgIpc) is 2.46. The SMILES string of the molecule is CC1CCN(C(N)=NCc2ccnc(N(C)C)n2)CC1.I. The monoisotopic (exact) mass is 404 g/mol. The summed E-state index contributed by atoms with van der Waals surface area (Å²) in [5, 5.41) is 0. The van der Waals surface area contributed by atoms with Gasteiger partial charge in [-0.05, 0) is 24.8 Å². The van der Waals surface area contributed by atoms with Gasteiger partial charge in [-0.2, -0.15) is 0 Å². The van der Waals surface area contributed by atoms with Crippen molar-refractivity contribution in [1.82, 2.24) is 14.9 Å². The van der Waals surface area contributed by atoms with E-state index in [9.17, 15) is 0 Å². The van der Waals surface area contributed by atoms with Gasteiger partial charge in [-0.15, -0.1) is 24.0 Å². The molecule has 1 fully saturated rings. The van der Waals surface area contributed by atoms with Gasteiger partial charge in [0, 0.05) is 33.4 Å². The summed E-state index contributed by atoms with van der Waals surface area (Å²) < 4.78 is 0. The lowest BCUT2D eigenvalue weighted by atomic mass is 10.00. The summed E-state index contributed by atoms with van der Waals surface area (Å²) in [5.41, 5.74) is 6.95. The zero-order chi connectivity index (χ0) is 14.5. The molecular weight excluding hydrogens is 379 g/mol. The second kappa shape index (κ2) is 8.35. The first-order valence-corrected chi connectivity index (χ1v) is 7.10. The topological polar surface area (TPSA) is 70.6 Å². The van der Waals surface area contributed by atoms with E-state index in [1.54, 1.807) is 6.20 Å². The lowest BCUT2D eigenvalue weighted by Crippen LogP contribution is -2.42. The zero-order valence-corrected chi connectivity index (χ0v) is 15.3. The number of aromatic nitrogens is 2. The molecule has 1 aliphatic rings.